The van der Waals surface area contributed by atoms with Crippen LogP contribution in [-0.2, 0) is 11.4 Å². The van der Waals surface area contributed by atoms with Crippen molar-refractivity contribution in [2.75, 3.05) is 4.90 Å². The number of carbonyl (C=O) groups is 3. The number of benzene rings is 3. The van der Waals surface area contributed by atoms with E-state index in [0.717, 1.165) is 10.5 Å². The summed E-state index contributed by atoms with van der Waals surface area (Å²) in [5.41, 5.74) is 2.28. The number of carboxylic acids is 1. The molecule has 1 aliphatic rings. The van der Waals surface area contributed by atoms with Gasteiger partial charge in [0.15, 0.2) is 0 Å². The summed E-state index contributed by atoms with van der Waals surface area (Å²) in [6.07, 6.45) is 1.58. The van der Waals surface area contributed by atoms with Gasteiger partial charge in [0.1, 0.15) is 18.1 Å². The number of nitrogens with zero attached hydrogens (tertiary/aromatic N) is 1. The normalized spacial score (nSPS) is 14.5. The van der Waals surface area contributed by atoms with Crippen LogP contribution in [-0.4, -0.2) is 23.0 Å². The molecule has 0 radical (unpaired) electrons. The average Bonchev–Trinajstić information content (AvgIpc) is 3.07. The standard InChI is InChI=1S/C24H16BrClN2O5/c25-19-11-15(3-10-21(19)33-13-14-1-4-16(5-2-14)23(30)31)12-20-22(29)28(24(32)27-20)18-8-6-17(26)7-9-18/h1-12H,13H2,(H,27,32)(H,30,31)/b20-12+. The molecule has 0 saturated carbocycles. The van der Waals surface area contributed by atoms with Crippen LogP contribution in [0.5, 0.6) is 5.75 Å². The molecule has 0 unspecified atom stereocenters. The molecule has 1 fully saturated rings. The van der Waals surface area contributed by atoms with E-state index in [9.17, 15) is 14.4 Å². The molecule has 2 N–H and O–H groups in total. The molecule has 33 heavy (non-hydrogen) atoms. The number of aromatic carboxylic acids is 1. The van der Waals surface area contributed by atoms with Gasteiger partial charge in [-0.05, 0) is 81.7 Å². The highest BCUT2D eigenvalue weighted by Gasteiger charge is 2.34. The zero-order chi connectivity index (χ0) is 23.5. The molecular weight excluding hydrogens is 512 g/mol. The van der Waals surface area contributed by atoms with Gasteiger partial charge in [0.25, 0.3) is 5.91 Å². The van der Waals surface area contributed by atoms with E-state index in [2.05, 4.69) is 21.2 Å². The number of hydrogen-bond acceptors (Lipinski definition) is 4. The van der Waals surface area contributed by atoms with Crippen molar-refractivity contribution in [3.8, 4) is 5.75 Å². The van der Waals surface area contributed by atoms with E-state index in [-0.39, 0.29) is 17.9 Å². The number of ether oxygens (including phenoxy) is 1. The minimum atomic E-state index is -0.983. The van der Waals surface area contributed by atoms with Crippen molar-refractivity contribution in [1.29, 1.82) is 0 Å². The number of rotatable bonds is 6. The van der Waals surface area contributed by atoms with Crippen LogP contribution < -0.4 is 15.0 Å². The first kappa shape index (κ1) is 22.6. The Labute approximate surface area is 202 Å². The Hall–Kier alpha value is -3.62. The lowest BCUT2D eigenvalue weighted by Gasteiger charge is -2.11. The molecule has 1 heterocycles. The van der Waals surface area contributed by atoms with Gasteiger partial charge in [-0.1, -0.05) is 29.8 Å². The van der Waals surface area contributed by atoms with Gasteiger partial charge in [-0.3, -0.25) is 4.79 Å². The summed E-state index contributed by atoms with van der Waals surface area (Å²) >= 11 is 9.33. The van der Waals surface area contributed by atoms with Gasteiger partial charge in [0.2, 0.25) is 0 Å². The zero-order valence-electron chi connectivity index (χ0n) is 16.9. The number of carboxylic acid groups (broad SMARTS) is 1. The molecule has 7 nitrogen and oxygen atoms in total. The van der Waals surface area contributed by atoms with Crippen LogP contribution in [0, 0.1) is 0 Å². The number of imide groups is 1. The van der Waals surface area contributed by atoms with Gasteiger partial charge in [-0.15, -0.1) is 0 Å². The van der Waals surface area contributed by atoms with E-state index in [0.29, 0.717) is 26.5 Å². The first-order valence-electron chi connectivity index (χ1n) is 9.69. The predicted molar refractivity (Wildman–Crippen MR) is 127 cm³/mol. The summed E-state index contributed by atoms with van der Waals surface area (Å²) in [6.45, 7) is 0.254. The summed E-state index contributed by atoms with van der Waals surface area (Å²) in [5.74, 6) is -0.879. The minimum Gasteiger partial charge on any atom is -0.488 e. The van der Waals surface area contributed by atoms with E-state index in [1.807, 2.05) is 0 Å². The first-order chi connectivity index (χ1) is 15.8. The summed E-state index contributed by atoms with van der Waals surface area (Å²) < 4.78 is 6.46. The Bertz CT molecular complexity index is 1270. The van der Waals surface area contributed by atoms with Gasteiger partial charge in [0, 0.05) is 5.02 Å². The Morgan fingerprint density at radius 2 is 1.76 bits per heavy atom. The quantitative estimate of drug-likeness (QED) is 0.327. The van der Waals surface area contributed by atoms with Crippen molar-refractivity contribution < 1.29 is 24.2 Å². The van der Waals surface area contributed by atoms with Crippen molar-refractivity contribution >= 4 is 57.2 Å². The Morgan fingerprint density at radius 1 is 1.06 bits per heavy atom. The van der Waals surface area contributed by atoms with E-state index < -0.39 is 17.9 Å². The summed E-state index contributed by atoms with van der Waals surface area (Å²) in [4.78, 5) is 37.1. The summed E-state index contributed by atoms with van der Waals surface area (Å²) in [5, 5.41) is 12.1. The van der Waals surface area contributed by atoms with Crippen molar-refractivity contribution in [2.24, 2.45) is 0 Å². The topological polar surface area (TPSA) is 95.9 Å². The molecule has 1 aliphatic heterocycles. The van der Waals surface area contributed by atoms with Crippen molar-refractivity contribution in [3.05, 3.63) is 98.6 Å². The molecule has 4 rings (SSSR count). The van der Waals surface area contributed by atoms with E-state index in [1.165, 1.54) is 12.1 Å². The van der Waals surface area contributed by atoms with Gasteiger partial charge >= 0.3 is 12.0 Å². The van der Waals surface area contributed by atoms with Crippen LogP contribution in [0.25, 0.3) is 6.08 Å². The van der Waals surface area contributed by atoms with Crippen LogP contribution in [0.1, 0.15) is 21.5 Å². The maximum atomic E-state index is 12.8. The number of carbonyl (C=O) groups excluding carboxylic acids is 2. The molecule has 0 spiro atoms. The van der Waals surface area contributed by atoms with Crippen molar-refractivity contribution in [1.82, 2.24) is 5.32 Å². The molecule has 3 amide bonds. The van der Waals surface area contributed by atoms with Crippen LogP contribution in [0.4, 0.5) is 10.5 Å². The number of hydrogen-bond donors (Lipinski definition) is 2. The molecule has 0 aromatic heterocycles. The molecule has 0 aliphatic carbocycles. The van der Waals surface area contributed by atoms with Gasteiger partial charge in [-0.2, -0.15) is 0 Å². The summed E-state index contributed by atoms with van der Waals surface area (Å²) in [6, 6.07) is 17.5. The van der Waals surface area contributed by atoms with E-state index in [4.69, 9.17) is 21.4 Å². The fourth-order valence-electron chi connectivity index (χ4n) is 3.15. The molecule has 166 valence electrons. The molecule has 0 atom stereocenters. The monoisotopic (exact) mass is 526 g/mol. The molecule has 1 saturated heterocycles. The molecule has 3 aromatic rings. The highest BCUT2D eigenvalue weighted by molar-refractivity contribution is 9.10. The number of nitrogens with one attached hydrogen (secondary N) is 1. The van der Waals surface area contributed by atoms with Crippen molar-refractivity contribution in [3.63, 3.8) is 0 Å². The van der Waals surface area contributed by atoms with Gasteiger partial charge in [0.05, 0.1) is 15.7 Å². The Kier molecular flexibility index (Phi) is 6.48. The third-order valence-corrected chi connectivity index (χ3v) is 5.70. The van der Waals surface area contributed by atoms with Crippen LogP contribution in [0.15, 0.2) is 76.9 Å². The summed E-state index contributed by atoms with van der Waals surface area (Å²) in [7, 11) is 0. The number of anilines is 1. The maximum absolute atomic E-state index is 12.8. The number of urea groups is 1. The predicted octanol–water partition coefficient (Wildman–Crippen LogP) is 5.48. The second-order valence-electron chi connectivity index (χ2n) is 7.09. The average molecular weight is 528 g/mol. The van der Waals surface area contributed by atoms with E-state index >= 15 is 0 Å². The largest absolute Gasteiger partial charge is 0.488 e. The first-order valence-corrected chi connectivity index (χ1v) is 10.9. The fraction of sp³-hybridized carbons (Fsp3) is 0.0417. The van der Waals surface area contributed by atoms with Crippen LogP contribution in [0.2, 0.25) is 5.02 Å². The van der Waals surface area contributed by atoms with Crippen molar-refractivity contribution in [2.45, 2.75) is 6.61 Å². The second kappa shape index (κ2) is 9.48. The SMILES string of the molecule is O=C(O)c1ccc(COc2ccc(/C=C3/NC(=O)N(c4ccc(Cl)cc4)C3=O)cc2Br)cc1. The lowest BCUT2D eigenvalue weighted by Crippen LogP contribution is -2.30. The fourth-order valence-corrected chi connectivity index (χ4v) is 3.79. The zero-order valence-corrected chi connectivity index (χ0v) is 19.3. The molecule has 3 aromatic carbocycles. The Morgan fingerprint density at radius 3 is 2.39 bits per heavy atom. The maximum Gasteiger partial charge on any atom is 0.335 e. The highest BCUT2D eigenvalue weighted by atomic mass is 79.9. The minimum absolute atomic E-state index is 0.147. The van der Waals surface area contributed by atoms with Crippen LogP contribution in [0.3, 0.4) is 0 Å². The van der Waals surface area contributed by atoms with Crippen LogP contribution >= 0.6 is 27.5 Å². The van der Waals surface area contributed by atoms with Gasteiger partial charge < -0.3 is 15.2 Å². The Balaban J connectivity index is 1.46. The highest BCUT2D eigenvalue weighted by Crippen LogP contribution is 2.29. The lowest BCUT2D eigenvalue weighted by molar-refractivity contribution is -0.113. The third-order valence-electron chi connectivity index (χ3n) is 4.83. The van der Waals surface area contributed by atoms with Gasteiger partial charge in [-0.25, -0.2) is 14.5 Å². The number of amides is 3. The second-order valence-corrected chi connectivity index (χ2v) is 8.38. The smallest absolute Gasteiger partial charge is 0.335 e. The van der Waals surface area contributed by atoms with E-state index in [1.54, 1.807) is 60.7 Å². The third kappa shape index (κ3) is 5.08. The molecule has 0 bridgehead atoms. The number of halogens is 2. The molecular formula is C24H16BrClN2O5. The lowest BCUT2D eigenvalue weighted by atomic mass is 10.1. The molecule has 9 heteroatoms.